The minimum atomic E-state index is -0.211. The molecule has 0 aliphatic carbocycles. The summed E-state index contributed by atoms with van der Waals surface area (Å²) in [5.41, 5.74) is 3.04. The minimum absolute atomic E-state index is 0.180. The first kappa shape index (κ1) is 13.2. The van der Waals surface area contributed by atoms with Crippen molar-refractivity contribution in [3.05, 3.63) is 58.3 Å². The highest BCUT2D eigenvalue weighted by Crippen LogP contribution is 2.30. The van der Waals surface area contributed by atoms with E-state index in [1.807, 2.05) is 37.4 Å². The van der Waals surface area contributed by atoms with E-state index in [4.69, 9.17) is 0 Å². The molecule has 0 radical (unpaired) electrons. The predicted molar refractivity (Wildman–Crippen MR) is 77.0 cm³/mol. The molecule has 3 heteroatoms. The summed E-state index contributed by atoms with van der Waals surface area (Å²) in [6.07, 6.45) is 0. The van der Waals surface area contributed by atoms with Crippen molar-refractivity contribution < 1.29 is 4.39 Å². The number of hydrogen-bond donors (Lipinski definition) is 1. The first-order valence-corrected chi connectivity index (χ1v) is 6.64. The van der Waals surface area contributed by atoms with Crippen LogP contribution in [0, 0.1) is 5.82 Å². The zero-order chi connectivity index (χ0) is 13.1. The maximum absolute atomic E-state index is 13.5. The lowest BCUT2D eigenvalue weighted by atomic mass is 9.95. The zero-order valence-electron chi connectivity index (χ0n) is 10.4. The van der Waals surface area contributed by atoms with E-state index >= 15 is 0 Å². The van der Waals surface area contributed by atoms with Gasteiger partial charge in [0, 0.05) is 10.5 Å². The molecule has 0 heterocycles. The second-order valence-corrected chi connectivity index (χ2v) is 5.17. The van der Waals surface area contributed by atoms with Gasteiger partial charge in [0.25, 0.3) is 0 Å². The standard InChI is InChI=1S/C15H15BrFN/c1-10(18-2)14-7-6-13(17)9-15(14)11-4-3-5-12(16)8-11/h3-10,18H,1-2H3. The van der Waals surface area contributed by atoms with Crippen LogP contribution in [0.3, 0.4) is 0 Å². The van der Waals surface area contributed by atoms with Gasteiger partial charge < -0.3 is 5.32 Å². The molecule has 1 atom stereocenters. The number of hydrogen-bond acceptors (Lipinski definition) is 1. The Balaban J connectivity index is 2.58. The van der Waals surface area contributed by atoms with Gasteiger partial charge in [0.1, 0.15) is 5.82 Å². The Hall–Kier alpha value is -1.19. The third kappa shape index (κ3) is 2.79. The summed E-state index contributed by atoms with van der Waals surface area (Å²) in [5.74, 6) is -0.211. The van der Waals surface area contributed by atoms with E-state index in [0.717, 1.165) is 21.2 Å². The van der Waals surface area contributed by atoms with E-state index in [1.165, 1.54) is 6.07 Å². The Morgan fingerprint density at radius 2 is 1.94 bits per heavy atom. The second-order valence-electron chi connectivity index (χ2n) is 4.25. The molecule has 0 saturated heterocycles. The van der Waals surface area contributed by atoms with Crippen LogP contribution in [0.25, 0.3) is 11.1 Å². The molecule has 2 aromatic rings. The molecule has 0 aliphatic rings. The molecular weight excluding hydrogens is 293 g/mol. The largest absolute Gasteiger partial charge is 0.313 e. The SMILES string of the molecule is CNC(C)c1ccc(F)cc1-c1cccc(Br)c1. The Kier molecular flexibility index (Phi) is 4.15. The molecule has 0 fully saturated rings. The average molecular weight is 308 g/mol. The topological polar surface area (TPSA) is 12.0 Å². The fraction of sp³-hybridized carbons (Fsp3) is 0.200. The van der Waals surface area contributed by atoms with Gasteiger partial charge in [-0.3, -0.25) is 0 Å². The maximum Gasteiger partial charge on any atom is 0.123 e. The van der Waals surface area contributed by atoms with Crippen molar-refractivity contribution in [1.82, 2.24) is 5.32 Å². The average Bonchev–Trinajstić information content (AvgIpc) is 2.38. The molecule has 0 spiro atoms. The molecule has 1 N–H and O–H groups in total. The summed E-state index contributed by atoms with van der Waals surface area (Å²) in [6.45, 7) is 2.06. The van der Waals surface area contributed by atoms with Crippen LogP contribution in [0.15, 0.2) is 46.9 Å². The van der Waals surface area contributed by atoms with Crippen molar-refractivity contribution in [2.45, 2.75) is 13.0 Å². The predicted octanol–water partition coefficient (Wildman–Crippen LogP) is 4.54. The zero-order valence-corrected chi connectivity index (χ0v) is 12.0. The van der Waals surface area contributed by atoms with Crippen LogP contribution < -0.4 is 5.32 Å². The molecule has 2 aromatic carbocycles. The Morgan fingerprint density at radius 3 is 2.61 bits per heavy atom. The van der Waals surface area contributed by atoms with Crippen LogP contribution in [0.5, 0.6) is 0 Å². The lowest BCUT2D eigenvalue weighted by molar-refractivity contribution is 0.620. The number of rotatable bonds is 3. The van der Waals surface area contributed by atoms with Crippen LogP contribution >= 0.6 is 15.9 Å². The van der Waals surface area contributed by atoms with Gasteiger partial charge in [-0.2, -0.15) is 0 Å². The lowest BCUT2D eigenvalue weighted by Crippen LogP contribution is -2.13. The highest BCUT2D eigenvalue weighted by Gasteiger charge is 2.11. The smallest absolute Gasteiger partial charge is 0.123 e. The molecule has 1 nitrogen and oxygen atoms in total. The fourth-order valence-corrected chi connectivity index (χ4v) is 2.37. The van der Waals surface area contributed by atoms with Crippen molar-refractivity contribution in [2.75, 3.05) is 7.05 Å². The number of nitrogens with one attached hydrogen (secondary N) is 1. The summed E-state index contributed by atoms with van der Waals surface area (Å²) < 4.78 is 14.5. The molecule has 1 unspecified atom stereocenters. The van der Waals surface area contributed by atoms with E-state index in [9.17, 15) is 4.39 Å². The molecular formula is C15H15BrFN. The highest BCUT2D eigenvalue weighted by molar-refractivity contribution is 9.10. The van der Waals surface area contributed by atoms with E-state index in [-0.39, 0.29) is 11.9 Å². The van der Waals surface area contributed by atoms with Crippen molar-refractivity contribution in [3.63, 3.8) is 0 Å². The van der Waals surface area contributed by atoms with Crippen molar-refractivity contribution >= 4 is 15.9 Å². The van der Waals surface area contributed by atoms with E-state index in [0.29, 0.717) is 0 Å². The van der Waals surface area contributed by atoms with Gasteiger partial charge >= 0.3 is 0 Å². The molecule has 0 amide bonds. The molecule has 0 aliphatic heterocycles. The minimum Gasteiger partial charge on any atom is -0.313 e. The molecule has 94 valence electrons. The Bertz CT molecular complexity index is 554. The monoisotopic (exact) mass is 307 g/mol. The van der Waals surface area contributed by atoms with Crippen LogP contribution in [-0.2, 0) is 0 Å². The van der Waals surface area contributed by atoms with E-state index in [1.54, 1.807) is 6.07 Å². The normalized spacial score (nSPS) is 12.4. The van der Waals surface area contributed by atoms with Crippen LogP contribution in [0.2, 0.25) is 0 Å². The highest BCUT2D eigenvalue weighted by atomic mass is 79.9. The van der Waals surface area contributed by atoms with Crippen molar-refractivity contribution in [1.29, 1.82) is 0 Å². The third-order valence-electron chi connectivity index (χ3n) is 3.05. The Morgan fingerprint density at radius 1 is 1.17 bits per heavy atom. The van der Waals surface area contributed by atoms with Crippen LogP contribution in [0.1, 0.15) is 18.5 Å². The molecule has 0 saturated carbocycles. The van der Waals surface area contributed by atoms with E-state index in [2.05, 4.69) is 28.2 Å². The van der Waals surface area contributed by atoms with Gasteiger partial charge in [0.15, 0.2) is 0 Å². The summed E-state index contributed by atoms with van der Waals surface area (Å²) >= 11 is 3.45. The fourth-order valence-electron chi connectivity index (χ4n) is 1.97. The summed E-state index contributed by atoms with van der Waals surface area (Å²) in [6, 6.07) is 13.0. The molecule has 0 aromatic heterocycles. The van der Waals surface area contributed by atoms with Crippen LogP contribution in [0.4, 0.5) is 4.39 Å². The third-order valence-corrected chi connectivity index (χ3v) is 3.54. The maximum atomic E-state index is 13.5. The number of halogens is 2. The number of benzene rings is 2. The van der Waals surface area contributed by atoms with Gasteiger partial charge in [-0.1, -0.05) is 34.1 Å². The second kappa shape index (κ2) is 5.63. The van der Waals surface area contributed by atoms with Gasteiger partial charge in [-0.25, -0.2) is 4.39 Å². The van der Waals surface area contributed by atoms with E-state index < -0.39 is 0 Å². The van der Waals surface area contributed by atoms with Crippen molar-refractivity contribution in [2.24, 2.45) is 0 Å². The Labute approximate surface area is 115 Å². The van der Waals surface area contributed by atoms with Gasteiger partial charge in [0.2, 0.25) is 0 Å². The quantitative estimate of drug-likeness (QED) is 0.878. The van der Waals surface area contributed by atoms with Crippen LogP contribution in [-0.4, -0.2) is 7.05 Å². The summed E-state index contributed by atoms with van der Waals surface area (Å²) in [5, 5.41) is 3.19. The first-order chi connectivity index (χ1) is 8.61. The molecule has 0 bridgehead atoms. The summed E-state index contributed by atoms with van der Waals surface area (Å²) in [4.78, 5) is 0. The summed E-state index contributed by atoms with van der Waals surface area (Å²) in [7, 11) is 1.90. The lowest BCUT2D eigenvalue weighted by Gasteiger charge is -2.16. The molecule has 18 heavy (non-hydrogen) atoms. The van der Waals surface area contributed by atoms with Gasteiger partial charge in [-0.15, -0.1) is 0 Å². The van der Waals surface area contributed by atoms with Crippen molar-refractivity contribution in [3.8, 4) is 11.1 Å². The van der Waals surface area contributed by atoms with Gasteiger partial charge in [0.05, 0.1) is 0 Å². The van der Waals surface area contributed by atoms with Gasteiger partial charge in [-0.05, 0) is 54.9 Å². The first-order valence-electron chi connectivity index (χ1n) is 5.84. The molecule has 2 rings (SSSR count).